The van der Waals surface area contributed by atoms with E-state index in [1.807, 2.05) is 0 Å². The summed E-state index contributed by atoms with van der Waals surface area (Å²) >= 11 is 0. The van der Waals surface area contributed by atoms with Crippen LogP contribution in [0.3, 0.4) is 0 Å². The molecule has 2 aliphatic heterocycles. The number of sulfonamides is 1. The molecule has 1 atom stereocenters. The molecule has 0 aromatic heterocycles. The molecular formula is C19H26N2O5S. The fourth-order valence-corrected chi connectivity index (χ4v) is 4.75. The minimum Gasteiger partial charge on any atom is -0.452 e. The molecule has 0 N–H and O–H groups in total. The Labute approximate surface area is 160 Å². The zero-order valence-corrected chi connectivity index (χ0v) is 16.6. The molecule has 8 heteroatoms. The maximum atomic E-state index is 12.3. The number of carbonyl (C=O) groups is 2. The second kappa shape index (κ2) is 7.88. The lowest BCUT2D eigenvalue weighted by molar-refractivity contribution is -0.136. The summed E-state index contributed by atoms with van der Waals surface area (Å²) in [5, 5.41) is 0. The van der Waals surface area contributed by atoms with Crippen LogP contribution in [0, 0.1) is 5.92 Å². The molecule has 1 aromatic rings. The van der Waals surface area contributed by atoms with Gasteiger partial charge in [0.2, 0.25) is 10.0 Å². The van der Waals surface area contributed by atoms with E-state index in [2.05, 4.69) is 6.92 Å². The van der Waals surface area contributed by atoms with E-state index < -0.39 is 16.0 Å². The van der Waals surface area contributed by atoms with E-state index in [0.29, 0.717) is 49.6 Å². The topological polar surface area (TPSA) is 84.0 Å². The Balaban J connectivity index is 1.65. The summed E-state index contributed by atoms with van der Waals surface area (Å²) in [4.78, 5) is 26.3. The first kappa shape index (κ1) is 19.7. The minimum absolute atomic E-state index is 0.170. The number of ether oxygens (including phenoxy) is 1. The maximum Gasteiger partial charge on any atom is 0.338 e. The zero-order chi connectivity index (χ0) is 19.6. The van der Waals surface area contributed by atoms with Gasteiger partial charge in [0.05, 0.1) is 17.5 Å². The molecule has 2 heterocycles. The van der Waals surface area contributed by atoms with Gasteiger partial charge in [0.15, 0.2) is 6.61 Å². The highest BCUT2D eigenvalue weighted by molar-refractivity contribution is 7.92. The lowest BCUT2D eigenvalue weighted by Gasteiger charge is -2.30. The predicted molar refractivity (Wildman–Crippen MR) is 102 cm³/mol. The number of anilines is 1. The van der Waals surface area contributed by atoms with Crippen LogP contribution in [0.4, 0.5) is 5.69 Å². The summed E-state index contributed by atoms with van der Waals surface area (Å²) in [7, 11) is -3.34. The number of rotatable bonds is 4. The molecule has 1 saturated heterocycles. The van der Waals surface area contributed by atoms with Gasteiger partial charge in [0.1, 0.15) is 0 Å². The van der Waals surface area contributed by atoms with Gasteiger partial charge in [-0.3, -0.25) is 9.10 Å². The van der Waals surface area contributed by atoms with E-state index >= 15 is 0 Å². The monoisotopic (exact) mass is 394 g/mol. The quantitative estimate of drug-likeness (QED) is 0.728. The highest BCUT2D eigenvalue weighted by atomic mass is 32.2. The van der Waals surface area contributed by atoms with E-state index in [0.717, 1.165) is 18.4 Å². The standard InChI is InChI=1S/C19H26N2O5S/c1-14-5-3-9-20(12-14)18(22)13-26-19(23)16-7-8-17-15(11-16)6-4-10-21(17)27(2,24)25/h7-8,11,14H,3-6,9-10,12-13H2,1-2H3/t14-/m1/s1. The molecule has 0 radical (unpaired) electrons. The average Bonchev–Trinajstić information content (AvgIpc) is 2.64. The number of amides is 1. The fourth-order valence-electron chi connectivity index (χ4n) is 3.75. The Morgan fingerprint density at radius 3 is 2.70 bits per heavy atom. The Morgan fingerprint density at radius 2 is 2.00 bits per heavy atom. The summed E-state index contributed by atoms with van der Waals surface area (Å²) in [6, 6.07) is 4.86. The number of esters is 1. The number of hydrogen-bond donors (Lipinski definition) is 0. The van der Waals surface area contributed by atoms with Crippen LogP contribution in [0.25, 0.3) is 0 Å². The second-order valence-electron chi connectivity index (χ2n) is 7.45. The van der Waals surface area contributed by atoms with Gasteiger partial charge in [-0.2, -0.15) is 0 Å². The molecule has 0 spiro atoms. The van der Waals surface area contributed by atoms with Gasteiger partial charge in [-0.15, -0.1) is 0 Å². The Hall–Kier alpha value is -2.09. The number of nitrogens with zero attached hydrogens (tertiary/aromatic N) is 2. The van der Waals surface area contributed by atoms with Crippen molar-refractivity contribution < 1.29 is 22.7 Å². The number of benzene rings is 1. The van der Waals surface area contributed by atoms with Gasteiger partial charge in [-0.1, -0.05) is 6.92 Å². The molecule has 1 aromatic carbocycles. The predicted octanol–water partition coefficient (Wildman–Crippen LogP) is 1.81. The van der Waals surface area contributed by atoms with Crippen molar-refractivity contribution in [1.29, 1.82) is 0 Å². The Kier molecular flexibility index (Phi) is 5.74. The van der Waals surface area contributed by atoms with Crippen LogP contribution >= 0.6 is 0 Å². The summed E-state index contributed by atoms with van der Waals surface area (Å²) in [5.41, 5.74) is 1.75. The molecule has 0 aliphatic carbocycles. The SMILES string of the molecule is C[C@@H]1CCCN(C(=O)COC(=O)c2ccc3c(c2)CCCN3S(C)(=O)=O)C1. The van der Waals surface area contributed by atoms with Gasteiger partial charge >= 0.3 is 5.97 Å². The van der Waals surface area contributed by atoms with E-state index in [-0.39, 0.29) is 12.5 Å². The number of hydrogen-bond acceptors (Lipinski definition) is 5. The van der Waals surface area contributed by atoms with Crippen molar-refractivity contribution >= 4 is 27.6 Å². The zero-order valence-electron chi connectivity index (χ0n) is 15.8. The van der Waals surface area contributed by atoms with Crippen molar-refractivity contribution in [3.63, 3.8) is 0 Å². The van der Waals surface area contributed by atoms with Gasteiger partial charge in [-0.25, -0.2) is 13.2 Å². The second-order valence-corrected chi connectivity index (χ2v) is 9.35. The van der Waals surface area contributed by atoms with Crippen LogP contribution in [0.1, 0.15) is 42.1 Å². The smallest absolute Gasteiger partial charge is 0.338 e. The van der Waals surface area contributed by atoms with Crippen molar-refractivity contribution in [2.24, 2.45) is 5.92 Å². The molecule has 7 nitrogen and oxygen atoms in total. The highest BCUT2D eigenvalue weighted by Gasteiger charge is 2.26. The van der Waals surface area contributed by atoms with Crippen molar-refractivity contribution in [2.45, 2.75) is 32.6 Å². The molecule has 1 amide bonds. The van der Waals surface area contributed by atoms with Crippen molar-refractivity contribution in [2.75, 3.05) is 36.8 Å². The molecular weight excluding hydrogens is 368 g/mol. The van der Waals surface area contributed by atoms with Gasteiger partial charge < -0.3 is 9.64 Å². The molecule has 27 heavy (non-hydrogen) atoms. The fraction of sp³-hybridized carbons (Fsp3) is 0.579. The number of piperidine rings is 1. The van der Waals surface area contributed by atoms with E-state index in [4.69, 9.17) is 4.74 Å². The van der Waals surface area contributed by atoms with E-state index in [1.54, 1.807) is 23.1 Å². The third-order valence-electron chi connectivity index (χ3n) is 5.13. The Morgan fingerprint density at radius 1 is 1.22 bits per heavy atom. The summed E-state index contributed by atoms with van der Waals surface area (Å²) < 4.78 is 30.4. The summed E-state index contributed by atoms with van der Waals surface area (Å²) in [6.07, 6.45) is 4.67. The number of fused-ring (bicyclic) bond motifs is 1. The largest absolute Gasteiger partial charge is 0.452 e. The lowest BCUT2D eigenvalue weighted by atomic mass is 10.0. The minimum atomic E-state index is -3.34. The first-order valence-corrected chi connectivity index (χ1v) is 11.2. The third kappa shape index (κ3) is 4.61. The first-order valence-electron chi connectivity index (χ1n) is 9.31. The molecule has 3 rings (SSSR count). The molecule has 0 bridgehead atoms. The van der Waals surface area contributed by atoms with E-state index in [9.17, 15) is 18.0 Å². The van der Waals surface area contributed by atoms with Crippen LogP contribution in [0.2, 0.25) is 0 Å². The number of likely N-dealkylation sites (tertiary alicyclic amines) is 1. The van der Waals surface area contributed by atoms with Gasteiger partial charge in [-0.05, 0) is 55.4 Å². The Bertz CT molecular complexity index is 837. The first-order chi connectivity index (χ1) is 12.8. The highest BCUT2D eigenvalue weighted by Crippen LogP contribution is 2.30. The maximum absolute atomic E-state index is 12.3. The molecule has 0 saturated carbocycles. The van der Waals surface area contributed by atoms with E-state index in [1.165, 1.54) is 10.6 Å². The number of aryl methyl sites for hydroxylation is 1. The van der Waals surface area contributed by atoms with Crippen LogP contribution in [-0.2, 0) is 26.0 Å². The van der Waals surface area contributed by atoms with Crippen molar-refractivity contribution in [1.82, 2.24) is 4.90 Å². The molecule has 0 unspecified atom stereocenters. The normalized spacial score (nSPS) is 20.1. The lowest BCUT2D eigenvalue weighted by Crippen LogP contribution is -2.41. The summed E-state index contributed by atoms with van der Waals surface area (Å²) in [5.74, 6) is -0.263. The average molecular weight is 394 g/mol. The van der Waals surface area contributed by atoms with Crippen LogP contribution in [0.15, 0.2) is 18.2 Å². The molecule has 2 aliphatic rings. The summed E-state index contributed by atoms with van der Waals surface area (Å²) in [6.45, 7) is 3.70. The number of carbonyl (C=O) groups excluding carboxylic acids is 2. The molecule has 1 fully saturated rings. The molecule has 148 valence electrons. The third-order valence-corrected chi connectivity index (χ3v) is 6.31. The van der Waals surface area contributed by atoms with Crippen molar-refractivity contribution in [3.8, 4) is 0 Å². The van der Waals surface area contributed by atoms with Gasteiger partial charge in [0.25, 0.3) is 5.91 Å². The van der Waals surface area contributed by atoms with Crippen molar-refractivity contribution in [3.05, 3.63) is 29.3 Å². The van der Waals surface area contributed by atoms with Gasteiger partial charge in [0, 0.05) is 19.6 Å². The van der Waals surface area contributed by atoms with Crippen LogP contribution < -0.4 is 4.31 Å². The van der Waals surface area contributed by atoms with Crippen LogP contribution in [-0.4, -0.2) is 57.7 Å². The van der Waals surface area contributed by atoms with Crippen LogP contribution in [0.5, 0.6) is 0 Å².